The van der Waals surface area contributed by atoms with Gasteiger partial charge in [0, 0.05) is 0 Å². The van der Waals surface area contributed by atoms with Gasteiger partial charge >= 0.3 is 0 Å². The van der Waals surface area contributed by atoms with Crippen molar-refractivity contribution in [3.8, 4) is 0 Å². The zero-order chi connectivity index (χ0) is 15.4. The summed E-state index contributed by atoms with van der Waals surface area (Å²) < 4.78 is 24.6. The summed E-state index contributed by atoms with van der Waals surface area (Å²) in [6.07, 6.45) is 4.89. The first-order valence-corrected chi connectivity index (χ1v) is 8.29. The average Bonchev–Trinajstić information content (AvgIpc) is 2.38. The fraction of sp³-hybridized carbons (Fsp3) is 0.412. The Bertz CT molecular complexity index is 590. The SMILES string of the molecule is C=C[C@](C)(CCC=C(C)C)S(=O)(=O)c1ccc(C)cc1. The van der Waals surface area contributed by atoms with E-state index in [1.165, 1.54) is 5.57 Å². The van der Waals surface area contributed by atoms with Gasteiger partial charge in [0.2, 0.25) is 0 Å². The molecule has 1 aromatic rings. The minimum atomic E-state index is -3.41. The molecule has 110 valence electrons. The van der Waals surface area contributed by atoms with E-state index in [2.05, 4.69) is 12.7 Å². The maximum Gasteiger partial charge on any atom is 0.187 e. The summed E-state index contributed by atoms with van der Waals surface area (Å²) in [7, 11) is -3.41. The van der Waals surface area contributed by atoms with E-state index in [1.54, 1.807) is 25.1 Å². The Morgan fingerprint density at radius 2 is 1.80 bits per heavy atom. The Morgan fingerprint density at radius 3 is 2.25 bits per heavy atom. The summed E-state index contributed by atoms with van der Waals surface area (Å²) in [5.74, 6) is 0. The van der Waals surface area contributed by atoms with Crippen molar-refractivity contribution < 1.29 is 8.42 Å². The van der Waals surface area contributed by atoms with Crippen LogP contribution in [0.3, 0.4) is 0 Å². The number of hydrogen-bond donors (Lipinski definition) is 0. The largest absolute Gasteiger partial charge is 0.223 e. The van der Waals surface area contributed by atoms with Gasteiger partial charge in [-0.3, -0.25) is 0 Å². The number of benzene rings is 1. The smallest absolute Gasteiger partial charge is 0.187 e. The molecule has 0 aromatic heterocycles. The van der Waals surface area contributed by atoms with Gasteiger partial charge in [-0.1, -0.05) is 35.4 Å². The highest BCUT2D eigenvalue weighted by Gasteiger charge is 2.36. The zero-order valence-corrected chi connectivity index (χ0v) is 13.6. The Kier molecular flexibility index (Phi) is 5.35. The molecule has 0 aliphatic rings. The second-order valence-corrected chi connectivity index (χ2v) is 8.06. The van der Waals surface area contributed by atoms with Crippen molar-refractivity contribution in [2.45, 2.75) is 50.2 Å². The normalized spacial score (nSPS) is 14.4. The highest BCUT2D eigenvalue weighted by Crippen LogP contribution is 2.31. The highest BCUT2D eigenvalue weighted by molar-refractivity contribution is 7.93. The molecular formula is C17H24O2S. The fourth-order valence-electron chi connectivity index (χ4n) is 1.98. The van der Waals surface area contributed by atoms with E-state index in [4.69, 9.17) is 0 Å². The van der Waals surface area contributed by atoms with Gasteiger partial charge in [0.15, 0.2) is 9.84 Å². The zero-order valence-electron chi connectivity index (χ0n) is 12.8. The Morgan fingerprint density at radius 1 is 1.25 bits per heavy atom. The third-order valence-electron chi connectivity index (χ3n) is 3.57. The summed E-state index contributed by atoms with van der Waals surface area (Å²) >= 11 is 0. The molecule has 0 fully saturated rings. The van der Waals surface area contributed by atoms with Crippen LogP contribution in [0.5, 0.6) is 0 Å². The van der Waals surface area contributed by atoms with Crippen molar-refractivity contribution >= 4 is 9.84 Å². The molecule has 20 heavy (non-hydrogen) atoms. The molecule has 0 spiro atoms. The van der Waals surface area contributed by atoms with E-state index < -0.39 is 14.6 Å². The monoisotopic (exact) mass is 292 g/mol. The van der Waals surface area contributed by atoms with Crippen LogP contribution in [-0.4, -0.2) is 13.2 Å². The molecule has 0 amide bonds. The van der Waals surface area contributed by atoms with E-state index in [-0.39, 0.29) is 0 Å². The maximum absolute atomic E-state index is 12.8. The summed E-state index contributed by atoms with van der Waals surface area (Å²) in [6.45, 7) is 11.5. The van der Waals surface area contributed by atoms with Gasteiger partial charge in [-0.05, 0) is 52.7 Å². The molecule has 0 radical (unpaired) electrons. The molecule has 0 bridgehead atoms. The summed E-state index contributed by atoms with van der Waals surface area (Å²) in [5, 5.41) is 0. The summed E-state index contributed by atoms with van der Waals surface area (Å²) in [4.78, 5) is 0.364. The van der Waals surface area contributed by atoms with Gasteiger partial charge < -0.3 is 0 Å². The maximum atomic E-state index is 12.8. The van der Waals surface area contributed by atoms with Crippen LogP contribution < -0.4 is 0 Å². The lowest BCUT2D eigenvalue weighted by atomic mass is 10.0. The van der Waals surface area contributed by atoms with Crippen molar-refractivity contribution in [2.75, 3.05) is 0 Å². The van der Waals surface area contributed by atoms with Crippen LogP contribution in [-0.2, 0) is 9.84 Å². The van der Waals surface area contributed by atoms with Crippen molar-refractivity contribution in [2.24, 2.45) is 0 Å². The second kappa shape index (κ2) is 6.40. The third kappa shape index (κ3) is 3.60. The molecule has 0 heterocycles. The number of allylic oxidation sites excluding steroid dienone is 2. The van der Waals surface area contributed by atoms with Crippen LogP contribution in [0.25, 0.3) is 0 Å². The predicted molar refractivity (Wildman–Crippen MR) is 85.6 cm³/mol. The Labute approximate surface area is 123 Å². The predicted octanol–water partition coefficient (Wildman–Crippen LogP) is 4.46. The highest BCUT2D eigenvalue weighted by atomic mass is 32.2. The van der Waals surface area contributed by atoms with Crippen LogP contribution in [0.15, 0.2) is 53.5 Å². The van der Waals surface area contributed by atoms with Gasteiger partial charge in [-0.2, -0.15) is 0 Å². The van der Waals surface area contributed by atoms with E-state index in [0.29, 0.717) is 11.3 Å². The van der Waals surface area contributed by atoms with Crippen LogP contribution >= 0.6 is 0 Å². The second-order valence-electron chi connectivity index (χ2n) is 5.65. The van der Waals surface area contributed by atoms with E-state index in [1.807, 2.05) is 32.9 Å². The lowest BCUT2D eigenvalue weighted by Crippen LogP contribution is -2.33. The minimum absolute atomic E-state index is 0.364. The van der Waals surface area contributed by atoms with Crippen molar-refractivity contribution in [1.82, 2.24) is 0 Å². The molecule has 0 aliphatic carbocycles. The summed E-state index contributed by atoms with van der Waals surface area (Å²) in [5.41, 5.74) is 2.25. The Balaban J connectivity index is 3.11. The number of hydrogen-bond acceptors (Lipinski definition) is 2. The molecule has 0 unspecified atom stereocenters. The van der Waals surface area contributed by atoms with Crippen LogP contribution in [0.4, 0.5) is 0 Å². The van der Waals surface area contributed by atoms with Gasteiger partial charge in [-0.15, -0.1) is 6.58 Å². The summed E-state index contributed by atoms with van der Waals surface area (Å²) in [6, 6.07) is 7.00. The standard InChI is InChI=1S/C17H24O2S/c1-6-17(5,13-7-8-14(2)3)20(18,19)16-11-9-15(4)10-12-16/h6,8-12H,1,7,13H2,2-5H3/t17-/m1/s1. The quantitative estimate of drug-likeness (QED) is 0.725. The average molecular weight is 292 g/mol. The number of aryl methyl sites for hydroxylation is 1. The lowest BCUT2D eigenvalue weighted by Gasteiger charge is -2.25. The lowest BCUT2D eigenvalue weighted by molar-refractivity contribution is 0.551. The van der Waals surface area contributed by atoms with Gasteiger partial charge in [-0.25, -0.2) is 8.42 Å². The molecule has 1 aromatic carbocycles. The number of sulfone groups is 1. The van der Waals surface area contributed by atoms with E-state index in [0.717, 1.165) is 12.0 Å². The first-order chi connectivity index (χ1) is 9.23. The topological polar surface area (TPSA) is 34.1 Å². The van der Waals surface area contributed by atoms with Crippen LogP contribution in [0.1, 0.15) is 39.2 Å². The fourth-order valence-corrected chi connectivity index (χ4v) is 3.62. The molecular weight excluding hydrogens is 268 g/mol. The molecule has 2 nitrogen and oxygen atoms in total. The molecule has 0 saturated carbocycles. The van der Waals surface area contributed by atoms with Gasteiger partial charge in [0.25, 0.3) is 0 Å². The van der Waals surface area contributed by atoms with E-state index in [9.17, 15) is 8.42 Å². The van der Waals surface area contributed by atoms with Crippen molar-refractivity contribution in [1.29, 1.82) is 0 Å². The molecule has 1 rings (SSSR count). The molecule has 0 saturated heterocycles. The molecule has 0 aliphatic heterocycles. The molecule has 1 atom stereocenters. The Hall–Kier alpha value is -1.35. The van der Waals surface area contributed by atoms with Crippen molar-refractivity contribution in [3.63, 3.8) is 0 Å². The molecule has 0 N–H and O–H groups in total. The van der Waals surface area contributed by atoms with Gasteiger partial charge in [0.05, 0.1) is 9.64 Å². The van der Waals surface area contributed by atoms with Crippen LogP contribution in [0, 0.1) is 6.92 Å². The van der Waals surface area contributed by atoms with Crippen molar-refractivity contribution in [3.05, 3.63) is 54.1 Å². The van der Waals surface area contributed by atoms with Gasteiger partial charge in [0.1, 0.15) is 0 Å². The molecule has 3 heteroatoms. The minimum Gasteiger partial charge on any atom is -0.223 e. The third-order valence-corrected chi connectivity index (χ3v) is 6.06. The van der Waals surface area contributed by atoms with Crippen LogP contribution in [0.2, 0.25) is 0 Å². The first-order valence-electron chi connectivity index (χ1n) is 6.81. The van der Waals surface area contributed by atoms with E-state index >= 15 is 0 Å². The number of rotatable bonds is 6. The first kappa shape index (κ1) is 16.7.